The summed E-state index contributed by atoms with van der Waals surface area (Å²) in [6.07, 6.45) is -0.640. The van der Waals surface area contributed by atoms with E-state index in [-0.39, 0.29) is 25.9 Å². The van der Waals surface area contributed by atoms with E-state index < -0.39 is 17.2 Å². The maximum absolute atomic E-state index is 12.4. The van der Waals surface area contributed by atoms with Crippen LogP contribution >= 0.6 is 0 Å². The largest absolute Gasteiger partial charge is 0.294 e. The van der Waals surface area contributed by atoms with Crippen LogP contribution in [0, 0.1) is 0 Å². The van der Waals surface area contributed by atoms with Gasteiger partial charge in [0.2, 0.25) is 11.3 Å². The lowest BCUT2D eigenvalue weighted by atomic mass is 10.1. The molecular formula is C5H9F2NO2S. The third-order valence-corrected chi connectivity index (χ3v) is 2.48. The molecule has 0 spiro atoms. The molecule has 1 unspecified atom stereocenters. The predicted octanol–water partition coefficient (Wildman–Crippen LogP) is 0.854. The van der Waals surface area contributed by atoms with Gasteiger partial charge in [-0.15, -0.1) is 0 Å². The van der Waals surface area contributed by atoms with E-state index >= 15 is 0 Å². The minimum absolute atomic E-state index is 0.00386. The number of alkyl halides is 2. The predicted molar refractivity (Wildman–Crippen MR) is 36.5 cm³/mol. The lowest BCUT2D eigenvalue weighted by molar-refractivity contribution is -0.0413. The van der Waals surface area contributed by atoms with Gasteiger partial charge < -0.3 is 0 Å². The van der Waals surface area contributed by atoms with Crippen molar-refractivity contribution in [3.8, 4) is 0 Å². The first-order chi connectivity index (χ1) is 5.01. The summed E-state index contributed by atoms with van der Waals surface area (Å²) in [5.74, 6) is -2.64. The second-order valence-electron chi connectivity index (χ2n) is 2.52. The maximum atomic E-state index is 12.4. The Bertz CT molecular complexity index is 166. The zero-order valence-corrected chi connectivity index (χ0v) is 6.61. The molecule has 0 bridgehead atoms. The second-order valence-corrected chi connectivity index (χ2v) is 3.49. The number of halogens is 2. The normalized spacial score (nSPS) is 28.3. The molecule has 1 fully saturated rings. The zero-order chi connectivity index (χ0) is 8.48. The van der Waals surface area contributed by atoms with Gasteiger partial charge >= 0.3 is 0 Å². The summed E-state index contributed by atoms with van der Waals surface area (Å²) in [6, 6.07) is 0. The summed E-state index contributed by atoms with van der Waals surface area (Å²) >= 11 is -2.09. The van der Waals surface area contributed by atoms with Gasteiger partial charge in [0, 0.05) is 25.9 Å². The first-order valence-electron chi connectivity index (χ1n) is 3.25. The quantitative estimate of drug-likeness (QED) is 0.615. The van der Waals surface area contributed by atoms with E-state index in [2.05, 4.69) is 0 Å². The third-order valence-electron chi connectivity index (χ3n) is 1.67. The molecule has 0 aromatic heterocycles. The molecule has 0 amide bonds. The van der Waals surface area contributed by atoms with Crippen LogP contribution in [-0.4, -0.2) is 32.1 Å². The molecule has 1 aliphatic rings. The van der Waals surface area contributed by atoms with Gasteiger partial charge in [0.05, 0.1) is 0 Å². The first kappa shape index (κ1) is 9.02. The Morgan fingerprint density at radius 2 is 1.82 bits per heavy atom. The van der Waals surface area contributed by atoms with Gasteiger partial charge in [-0.25, -0.2) is 17.3 Å². The van der Waals surface area contributed by atoms with Crippen molar-refractivity contribution in [1.29, 1.82) is 0 Å². The smallest absolute Gasteiger partial charge is 0.250 e. The molecule has 6 heteroatoms. The molecule has 0 aliphatic carbocycles. The number of piperidine rings is 1. The first-order valence-corrected chi connectivity index (χ1v) is 4.31. The van der Waals surface area contributed by atoms with Crippen LogP contribution in [0.25, 0.3) is 0 Å². The van der Waals surface area contributed by atoms with Gasteiger partial charge in [-0.3, -0.25) is 4.55 Å². The van der Waals surface area contributed by atoms with Crippen molar-refractivity contribution in [2.75, 3.05) is 13.1 Å². The molecule has 66 valence electrons. The molecule has 1 heterocycles. The van der Waals surface area contributed by atoms with Crippen molar-refractivity contribution in [3.05, 3.63) is 0 Å². The summed E-state index contributed by atoms with van der Waals surface area (Å²) in [4.78, 5) is 0. The van der Waals surface area contributed by atoms with Crippen molar-refractivity contribution < 1.29 is 17.5 Å². The third kappa shape index (κ3) is 2.46. The Morgan fingerprint density at radius 1 is 1.36 bits per heavy atom. The molecule has 0 aromatic rings. The van der Waals surface area contributed by atoms with Gasteiger partial charge in [-0.1, -0.05) is 0 Å². The van der Waals surface area contributed by atoms with Crippen LogP contribution in [0.1, 0.15) is 12.8 Å². The molecule has 11 heavy (non-hydrogen) atoms. The Balaban J connectivity index is 2.42. The van der Waals surface area contributed by atoms with Crippen molar-refractivity contribution in [2.45, 2.75) is 18.8 Å². The monoisotopic (exact) mass is 185 g/mol. The maximum Gasteiger partial charge on any atom is 0.250 e. The standard InChI is InChI=1S/C5H9F2NO2S/c6-5(7)1-3-8(4-2-5)11(9)10/h1-4H2,(H,9,10). The Labute approximate surface area is 65.8 Å². The highest BCUT2D eigenvalue weighted by molar-refractivity contribution is 7.76. The number of nitrogens with zero attached hydrogens (tertiary/aromatic N) is 1. The average Bonchev–Trinajstić information content (AvgIpc) is 1.86. The van der Waals surface area contributed by atoms with Gasteiger partial charge in [-0.05, 0) is 0 Å². The highest BCUT2D eigenvalue weighted by Gasteiger charge is 2.35. The summed E-state index contributed by atoms with van der Waals surface area (Å²) in [5, 5.41) is 0. The number of hydrogen-bond acceptors (Lipinski definition) is 1. The van der Waals surface area contributed by atoms with Crippen LogP contribution < -0.4 is 0 Å². The molecule has 0 aromatic carbocycles. The summed E-state index contributed by atoms with van der Waals surface area (Å²) in [7, 11) is 0. The van der Waals surface area contributed by atoms with E-state index in [0.717, 1.165) is 4.31 Å². The number of hydrogen-bond donors (Lipinski definition) is 1. The molecule has 1 rings (SSSR count). The van der Waals surface area contributed by atoms with Crippen LogP contribution in [0.5, 0.6) is 0 Å². The molecular weight excluding hydrogens is 176 g/mol. The van der Waals surface area contributed by atoms with Crippen molar-refractivity contribution in [3.63, 3.8) is 0 Å². The van der Waals surface area contributed by atoms with Gasteiger partial charge in [0.1, 0.15) is 0 Å². The fraction of sp³-hybridized carbons (Fsp3) is 1.00. The van der Waals surface area contributed by atoms with Gasteiger partial charge in [0.15, 0.2) is 0 Å². The molecule has 1 aliphatic heterocycles. The Morgan fingerprint density at radius 3 is 2.18 bits per heavy atom. The van der Waals surface area contributed by atoms with E-state index in [1.54, 1.807) is 0 Å². The molecule has 1 N–H and O–H groups in total. The zero-order valence-electron chi connectivity index (χ0n) is 5.80. The van der Waals surface area contributed by atoms with Crippen molar-refractivity contribution >= 4 is 11.3 Å². The van der Waals surface area contributed by atoms with E-state index in [9.17, 15) is 13.0 Å². The number of rotatable bonds is 1. The molecule has 3 nitrogen and oxygen atoms in total. The fourth-order valence-corrected chi connectivity index (χ4v) is 1.46. The topological polar surface area (TPSA) is 40.5 Å². The SMILES string of the molecule is O=S(O)N1CCC(F)(F)CC1. The van der Waals surface area contributed by atoms with Crippen LogP contribution in [0.4, 0.5) is 8.78 Å². The summed E-state index contributed by atoms with van der Waals surface area (Å²) in [6.45, 7) is -0.00772. The van der Waals surface area contributed by atoms with Gasteiger partial charge in [-0.2, -0.15) is 0 Å². The fourth-order valence-electron chi connectivity index (χ4n) is 0.970. The Hall–Kier alpha value is -0.0700. The van der Waals surface area contributed by atoms with Crippen molar-refractivity contribution in [1.82, 2.24) is 4.31 Å². The summed E-state index contributed by atoms with van der Waals surface area (Å²) < 4.78 is 44.8. The van der Waals surface area contributed by atoms with Crippen LogP contribution in [0.3, 0.4) is 0 Å². The highest BCUT2D eigenvalue weighted by Crippen LogP contribution is 2.27. The van der Waals surface area contributed by atoms with E-state index in [1.165, 1.54) is 0 Å². The molecule has 0 saturated carbocycles. The minimum Gasteiger partial charge on any atom is -0.294 e. The lowest BCUT2D eigenvalue weighted by Gasteiger charge is -2.28. The molecule has 1 saturated heterocycles. The van der Waals surface area contributed by atoms with Crippen molar-refractivity contribution in [2.24, 2.45) is 0 Å². The highest BCUT2D eigenvalue weighted by atomic mass is 32.2. The van der Waals surface area contributed by atoms with E-state index in [4.69, 9.17) is 4.55 Å². The van der Waals surface area contributed by atoms with Crippen LogP contribution in [-0.2, 0) is 11.3 Å². The minimum atomic E-state index is -2.64. The summed E-state index contributed by atoms with van der Waals surface area (Å²) in [5.41, 5.74) is 0. The van der Waals surface area contributed by atoms with Gasteiger partial charge in [0.25, 0.3) is 5.92 Å². The van der Waals surface area contributed by atoms with E-state index in [0.29, 0.717) is 0 Å². The van der Waals surface area contributed by atoms with E-state index in [1.807, 2.05) is 0 Å². The second kappa shape index (κ2) is 3.12. The lowest BCUT2D eigenvalue weighted by Crippen LogP contribution is -2.39. The Kier molecular flexibility index (Phi) is 2.56. The molecule has 0 radical (unpaired) electrons. The average molecular weight is 185 g/mol. The van der Waals surface area contributed by atoms with Crippen LogP contribution in [0.2, 0.25) is 0 Å². The molecule has 1 atom stereocenters. The van der Waals surface area contributed by atoms with Crippen LogP contribution in [0.15, 0.2) is 0 Å².